The molecule has 1 aliphatic rings. The Kier molecular flexibility index (Phi) is 3.71. The summed E-state index contributed by atoms with van der Waals surface area (Å²) < 4.78 is 22.1. The number of phenols is 1. The van der Waals surface area contributed by atoms with E-state index in [1.165, 1.54) is 17.0 Å². The van der Waals surface area contributed by atoms with Crippen LogP contribution >= 0.6 is 11.6 Å². The van der Waals surface area contributed by atoms with Crippen LogP contribution in [0.15, 0.2) is 18.2 Å². The summed E-state index contributed by atoms with van der Waals surface area (Å²) in [5, 5.41) is 15.1. The van der Waals surface area contributed by atoms with Crippen molar-refractivity contribution >= 4 is 33.2 Å². The van der Waals surface area contributed by atoms with E-state index in [1.807, 2.05) is 0 Å². The maximum absolute atomic E-state index is 11.9. The first kappa shape index (κ1) is 14.1. The Labute approximate surface area is 115 Å². The van der Waals surface area contributed by atoms with Gasteiger partial charge in [0.25, 0.3) is 0 Å². The van der Waals surface area contributed by atoms with Gasteiger partial charge in [-0.15, -0.1) is 0 Å². The van der Waals surface area contributed by atoms with Gasteiger partial charge in [0.1, 0.15) is 5.75 Å². The van der Waals surface area contributed by atoms with Gasteiger partial charge in [0.15, 0.2) is 0 Å². The first-order chi connectivity index (χ1) is 8.76. The van der Waals surface area contributed by atoms with E-state index in [0.717, 1.165) is 0 Å². The van der Waals surface area contributed by atoms with Crippen molar-refractivity contribution < 1.29 is 18.3 Å². The maximum Gasteiger partial charge on any atom is 0.227 e. The third-order valence-electron chi connectivity index (χ3n) is 2.90. The van der Waals surface area contributed by atoms with Gasteiger partial charge in [0, 0.05) is 30.0 Å². The molecule has 1 aliphatic heterocycles. The number of nitrogens with two attached hydrogens (primary N) is 1. The molecule has 1 unspecified atom stereocenters. The van der Waals surface area contributed by atoms with Crippen molar-refractivity contribution in [2.45, 2.75) is 6.42 Å². The topological polar surface area (TPSA) is 101 Å². The molecule has 0 aromatic heterocycles. The predicted molar refractivity (Wildman–Crippen MR) is 71.6 cm³/mol. The Morgan fingerprint density at radius 3 is 2.74 bits per heavy atom. The van der Waals surface area contributed by atoms with Crippen LogP contribution in [0.25, 0.3) is 0 Å². The van der Waals surface area contributed by atoms with Crippen LogP contribution in [-0.4, -0.2) is 31.7 Å². The molecule has 1 saturated heterocycles. The van der Waals surface area contributed by atoms with Gasteiger partial charge in [-0.2, -0.15) is 0 Å². The van der Waals surface area contributed by atoms with E-state index in [0.29, 0.717) is 10.7 Å². The van der Waals surface area contributed by atoms with Crippen molar-refractivity contribution in [2.24, 2.45) is 11.1 Å². The Morgan fingerprint density at radius 1 is 1.47 bits per heavy atom. The highest BCUT2D eigenvalue weighted by atomic mass is 35.5. The number of carbonyl (C=O) groups is 1. The molecule has 1 aromatic rings. The predicted octanol–water partition coefficient (Wildman–Crippen LogP) is 0.687. The second-order valence-corrected chi connectivity index (χ2v) is 6.63. The Balaban J connectivity index is 2.20. The van der Waals surface area contributed by atoms with Crippen LogP contribution in [0.1, 0.15) is 6.42 Å². The van der Waals surface area contributed by atoms with Crippen molar-refractivity contribution in [2.75, 3.05) is 17.2 Å². The van der Waals surface area contributed by atoms with Crippen molar-refractivity contribution in [1.82, 2.24) is 0 Å². The number of carbonyl (C=O) groups excluding carboxylic acids is 1. The third kappa shape index (κ3) is 3.37. The summed E-state index contributed by atoms with van der Waals surface area (Å²) in [5.41, 5.74) is 0.325. The lowest BCUT2D eigenvalue weighted by atomic mass is 10.1. The van der Waals surface area contributed by atoms with Crippen molar-refractivity contribution in [3.8, 4) is 5.75 Å². The van der Waals surface area contributed by atoms with E-state index in [4.69, 9.17) is 16.7 Å². The molecule has 0 radical (unpaired) electrons. The van der Waals surface area contributed by atoms with Gasteiger partial charge in [-0.25, -0.2) is 13.6 Å². The van der Waals surface area contributed by atoms with Gasteiger partial charge < -0.3 is 10.0 Å². The highest BCUT2D eigenvalue weighted by molar-refractivity contribution is 7.89. The number of amides is 1. The molecule has 1 amide bonds. The van der Waals surface area contributed by atoms with E-state index in [-0.39, 0.29) is 36.3 Å². The minimum atomic E-state index is -3.62. The van der Waals surface area contributed by atoms with E-state index in [2.05, 4.69) is 0 Å². The number of rotatable bonds is 3. The highest BCUT2D eigenvalue weighted by Gasteiger charge is 2.33. The van der Waals surface area contributed by atoms with Crippen LogP contribution in [0.2, 0.25) is 5.02 Å². The van der Waals surface area contributed by atoms with Gasteiger partial charge in [0.05, 0.1) is 11.4 Å². The molecule has 1 aromatic carbocycles. The average molecular weight is 305 g/mol. The van der Waals surface area contributed by atoms with Crippen LogP contribution in [0.4, 0.5) is 5.69 Å². The number of sulfonamides is 1. The van der Waals surface area contributed by atoms with Crippen molar-refractivity contribution in [3.63, 3.8) is 0 Å². The molecule has 1 atom stereocenters. The molecule has 0 bridgehead atoms. The molecule has 0 spiro atoms. The lowest BCUT2D eigenvalue weighted by Crippen LogP contribution is -2.27. The molecule has 1 heterocycles. The number of primary sulfonamides is 1. The van der Waals surface area contributed by atoms with Gasteiger partial charge in [-0.1, -0.05) is 11.6 Å². The fraction of sp³-hybridized carbons (Fsp3) is 0.364. The number of anilines is 1. The van der Waals surface area contributed by atoms with Crippen LogP contribution in [-0.2, 0) is 14.8 Å². The standard InChI is InChI=1S/C11H13ClN2O4S/c12-8-1-2-9(10(15)4-8)14-5-7(3-11(14)16)6-19(13,17)18/h1-2,4,7,15H,3,5-6H2,(H2,13,17,18). The number of halogens is 1. The smallest absolute Gasteiger partial charge is 0.227 e. The third-order valence-corrected chi connectivity index (χ3v) is 4.07. The number of phenolic OH excluding ortho intramolecular Hbond substituents is 1. The number of nitrogens with zero attached hydrogens (tertiary/aromatic N) is 1. The average Bonchev–Trinajstić information content (AvgIpc) is 2.56. The second kappa shape index (κ2) is 4.99. The Morgan fingerprint density at radius 2 is 2.16 bits per heavy atom. The molecular formula is C11H13ClN2O4S. The quantitative estimate of drug-likeness (QED) is 0.857. The minimum Gasteiger partial charge on any atom is -0.506 e. The van der Waals surface area contributed by atoms with E-state index in [9.17, 15) is 18.3 Å². The van der Waals surface area contributed by atoms with Crippen molar-refractivity contribution in [3.05, 3.63) is 23.2 Å². The summed E-state index contributed by atoms with van der Waals surface area (Å²) in [4.78, 5) is 13.2. The normalized spacial score (nSPS) is 20.0. The molecule has 2 rings (SSSR count). The van der Waals surface area contributed by atoms with Gasteiger partial charge in [-0.05, 0) is 12.1 Å². The number of hydrogen-bond donors (Lipinski definition) is 2. The van der Waals surface area contributed by atoms with Gasteiger partial charge in [-0.3, -0.25) is 4.79 Å². The molecule has 6 nitrogen and oxygen atoms in total. The summed E-state index contributed by atoms with van der Waals surface area (Å²) in [6.07, 6.45) is 0.0957. The number of hydrogen-bond acceptors (Lipinski definition) is 4. The number of aromatic hydroxyl groups is 1. The van der Waals surface area contributed by atoms with Crippen LogP contribution < -0.4 is 10.0 Å². The molecule has 0 saturated carbocycles. The Bertz CT molecular complexity index is 617. The lowest BCUT2D eigenvalue weighted by molar-refractivity contribution is -0.117. The molecule has 3 N–H and O–H groups in total. The Hall–Kier alpha value is -1.31. The first-order valence-corrected chi connectivity index (χ1v) is 7.65. The molecular weight excluding hydrogens is 292 g/mol. The summed E-state index contributed by atoms with van der Waals surface area (Å²) in [6.45, 7) is 0.213. The van der Waals surface area contributed by atoms with Crippen molar-refractivity contribution in [1.29, 1.82) is 0 Å². The molecule has 19 heavy (non-hydrogen) atoms. The van der Waals surface area contributed by atoms with Gasteiger partial charge in [0.2, 0.25) is 15.9 Å². The zero-order valence-electron chi connectivity index (χ0n) is 9.91. The monoisotopic (exact) mass is 304 g/mol. The SMILES string of the molecule is NS(=O)(=O)CC1CC(=O)N(c2ccc(Cl)cc2O)C1. The summed E-state index contributed by atoms with van der Waals surface area (Å²) >= 11 is 5.72. The minimum absolute atomic E-state index is 0.0957. The highest BCUT2D eigenvalue weighted by Crippen LogP contribution is 2.34. The largest absolute Gasteiger partial charge is 0.506 e. The first-order valence-electron chi connectivity index (χ1n) is 5.55. The molecule has 104 valence electrons. The van der Waals surface area contributed by atoms with Crippen LogP contribution in [0, 0.1) is 5.92 Å². The zero-order valence-corrected chi connectivity index (χ0v) is 11.5. The van der Waals surface area contributed by atoms with E-state index in [1.54, 1.807) is 6.07 Å². The number of benzene rings is 1. The fourth-order valence-electron chi connectivity index (χ4n) is 2.18. The summed E-state index contributed by atoms with van der Waals surface area (Å²) in [5.74, 6) is -0.968. The maximum atomic E-state index is 11.9. The van der Waals surface area contributed by atoms with E-state index >= 15 is 0 Å². The molecule has 0 aliphatic carbocycles. The van der Waals surface area contributed by atoms with Crippen LogP contribution in [0.3, 0.4) is 0 Å². The summed E-state index contributed by atoms with van der Waals surface area (Å²) in [7, 11) is -3.62. The van der Waals surface area contributed by atoms with E-state index < -0.39 is 10.0 Å². The van der Waals surface area contributed by atoms with Crippen LogP contribution in [0.5, 0.6) is 5.75 Å². The summed E-state index contributed by atoms with van der Waals surface area (Å²) in [6, 6.07) is 4.41. The zero-order chi connectivity index (χ0) is 14.2. The fourth-order valence-corrected chi connectivity index (χ4v) is 3.23. The molecule has 8 heteroatoms. The molecule has 1 fully saturated rings. The second-order valence-electron chi connectivity index (χ2n) is 4.54. The lowest BCUT2D eigenvalue weighted by Gasteiger charge is -2.18. The van der Waals surface area contributed by atoms with Gasteiger partial charge >= 0.3 is 0 Å².